The van der Waals surface area contributed by atoms with Gasteiger partial charge in [-0.15, -0.1) is 11.6 Å². The number of rotatable bonds is 2. The largest absolute Gasteiger partial charge is 0.322 e. The monoisotopic (exact) mass is 268 g/mol. The molecule has 1 heterocycles. The lowest BCUT2D eigenvalue weighted by Crippen LogP contribution is -2.15. The van der Waals surface area contributed by atoms with Crippen molar-refractivity contribution in [1.82, 2.24) is 4.98 Å². The van der Waals surface area contributed by atoms with E-state index in [2.05, 4.69) is 11.9 Å². The predicted octanol–water partition coefficient (Wildman–Crippen LogP) is 3.61. The van der Waals surface area contributed by atoms with Crippen LogP contribution < -0.4 is 5.56 Å². The second-order valence-electron chi connectivity index (χ2n) is 3.94. The number of nitrogens with one attached hydrogen (secondary N) is 1. The summed E-state index contributed by atoms with van der Waals surface area (Å²) in [5, 5.41) is 1.58. The van der Waals surface area contributed by atoms with Crippen molar-refractivity contribution in [3.8, 4) is 0 Å². The van der Waals surface area contributed by atoms with Crippen molar-refractivity contribution in [2.24, 2.45) is 0 Å². The van der Waals surface area contributed by atoms with Crippen LogP contribution in [0, 0.1) is 13.8 Å². The molecule has 0 fully saturated rings. The number of pyridine rings is 1. The molecule has 2 aromatic rings. The first kappa shape index (κ1) is 12.5. The van der Waals surface area contributed by atoms with Crippen LogP contribution in [0.2, 0.25) is 5.02 Å². The zero-order valence-electron chi connectivity index (χ0n) is 9.44. The summed E-state index contributed by atoms with van der Waals surface area (Å²) in [4.78, 5) is 14.7. The van der Waals surface area contributed by atoms with Crippen LogP contribution in [0.3, 0.4) is 0 Å². The highest BCUT2D eigenvalue weighted by molar-refractivity contribution is 6.32. The van der Waals surface area contributed by atoms with Gasteiger partial charge in [-0.2, -0.15) is 0 Å². The molecule has 17 heavy (non-hydrogen) atoms. The van der Waals surface area contributed by atoms with Gasteiger partial charge in [0.05, 0.1) is 5.52 Å². The summed E-state index contributed by atoms with van der Waals surface area (Å²) >= 11 is 12.0. The summed E-state index contributed by atoms with van der Waals surface area (Å²) in [6.07, 6.45) is 0.426. The van der Waals surface area contributed by atoms with E-state index in [1.807, 2.05) is 13.0 Å². The molecular weight excluding hydrogens is 257 g/mol. The van der Waals surface area contributed by atoms with E-state index < -0.39 is 0 Å². The number of alkyl halides is 1. The van der Waals surface area contributed by atoms with Crippen molar-refractivity contribution in [1.29, 1.82) is 0 Å². The topological polar surface area (TPSA) is 32.9 Å². The molecule has 0 saturated carbocycles. The second-order valence-corrected chi connectivity index (χ2v) is 4.62. The van der Waals surface area contributed by atoms with Crippen molar-refractivity contribution in [2.45, 2.75) is 19.2 Å². The standard InChI is InChI=1S/C13H12Cl2NO/c1-3-8-10(6-14)9-4-7(2)11(15)5-12(9)16-13(8)17/h4-5H,1,3,6H2,2H3,(H,16,17). The lowest BCUT2D eigenvalue weighted by molar-refractivity contribution is 1.11. The number of aryl methyl sites for hydroxylation is 1. The zero-order valence-corrected chi connectivity index (χ0v) is 11.0. The summed E-state index contributed by atoms with van der Waals surface area (Å²) in [5.74, 6) is 0.298. The highest BCUT2D eigenvalue weighted by Crippen LogP contribution is 2.26. The number of hydrogen-bond donors (Lipinski definition) is 1. The zero-order chi connectivity index (χ0) is 12.6. The molecule has 0 spiro atoms. The Morgan fingerprint density at radius 3 is 2.65 bits per heavy atom. The van der Waals surface area contributed by atoms with Gasteiger partial charge < -0.3 is 4.98 Å². The third kappa shape index (κ3) is 2.07. The maximum atomic E-state index is 11.8. The summed E-state index contributed by atoms with van der Waals surface area (Å²) in [7, 11) is 0. The number of fused-ring (bicyclic) bond motifs is 1. The van der Waals surface area contributed by atoms with Crippen molar-refractivity contribution in [3.63, 3.8) is 0 Å². The van der Waals surface area contributed by atoms with Gasteiger partial charge in [-0.3, -0.25) is 4.79 Å². The molecule has 0 saturated heterocycles. The van der Waals surface area contributed by atoms with E-state index in [1.165, 1.54) is 0 Å². The molecule has 2 nitrogen and oxygen atoms in total. The van der Waals surface area contributed by atoms with Crippen LogP contribution in [0.15, 0.2) is 16.9 Å². The van der Waals surface area contributed by atoms with Gasteiger partial charge in [0.2, 0.25) is 0 Å². The first-order valence-electron chi connectivity index (χ1n) is 5.27. The molecule has 1 aromatic carbocycles. The van der Waals surface area contributed by atoms with E-state index in [1.54, 1.807) is 6.07 Å². The normalized spacial score (nSPS) is 11.1. The van der Waals surface area contributed by atoms with Crippen molar-refractivity contribution in [2.75, 3.05) is 0 Å². The van der Waals surface area contributed by atoms with Gasteiger partial charge in [-0.1, -0.05) is 11.6 Å². The average molecular weight is 269 g/mol. The lowest BCUT2D eigenvalue weighted by Gasteiger charge is -2.10. The summed E-state index contributed by atoms with van der Waals surface area (Å²) in [5.41, 5.74) is 3.04. The summed E-state index contributed by atoms with van der Waals surface area (Å²) in [6.45, 7) is 5.69. The Bertz CT molecular complexity index is 631. The fourth-order valence-corrected chi connectivity index (χ4v) is 2.42. The maximum Gasteiger partial charge on any atom is 0.251 e. The Balaban J connectivity index is 2.94. The predicted molar refractivity (Wildman–Crippen MR) is 72.9 cm³/mol. The molecule has 0 aliphatic carbocycles. The van der Waals surface area contributed by atoms with Gasteiger partial charge in [-0.25, -0.2) is 0 Å². The van der Waals surface area contributed by atoms with Crippen molar-refractivity contribution < 1.29 is 0 Å². The average Bonchev–Trinajstić information content (AvgIpc) is 2.30. The Kier molecular flexibility index (Phi) is 3.45. The molecule has 0 aliphatic rings. The maximum absolute atomic E-state index is 11.8. The van der Waals surface area contributed by atoms with E-state index in [4.69, 9.17) is 23.2 Å². The molecule has 0 amide bonds. The smallest absolute Gasteiger partial charge is 0.251 e. The molecule has 0 bridgehead atoms. The third-order valence-electron chi connectivity index (χ3n) is 2.89. The Morgan fingerprint density at radius 2 is 2.06 bits per heavy atom. The van der Waals surface area contributed by atoms with Gasteiger partial charge in [0, 0.05) is 21.9 Å². The fraction of sp³-hybridized carbons (Fsp3) is 0.231. The summed E-state index contributed by atoms with van der Waals surface area (Å²) < 4.78 is 0. The molecule has 0 aliphatic heterocycles. The molecule has 89 valence electrons. The number of hydrogen-bond acceptors (Lipinski definition) is 1. The van der Waals surface area contributed by atoms with Crippen LogP contribution in [0.5, 0.6) is 0 Å². The SMILES string of the molecule is [CH2]Cc1c(CCl)c2cc(C)c(Cl)cc2[nH]c1=O. The summed E-state index contributed by atoms with van der Waals surface area (Å²) in [6, 6.07) is 3.71. The minimum atomic E-state index is -0.136. The molecule has 0 unspecified atom stereocenters. The Hall–Kier alpha value is -0.990. The van der Waals surface area contributed by atoms with Crippen LogP contribution >= 0.6 is 23.2 Å². The van der Waals surface area contributed by atoms with Gasteiger partial charge in [0.15, 0.2) is 0 Å². The highest BCUT2D eigenvalue weighted by Gasteiger charge is 2.11. The molecule has 1 aromatic heterocycles. The quantitative estimate of drug-likeness (QED) is 0.830. The van der Waals surface area contributed by atoms with Crippen LogP contribution in [-0.4, -0.2) is 4.98 Å². The molecular formula is C13H12Cl2NO. The van der Waals surface area contributed by atoms with Crippen LogP contribution in [-0.2, 0) is 12.3 Å². The van der Waals surface area contributed by atoms with Gasteiger partial charge in [0.25, 0.3) is 5.56 Å². The number of aromatic amines is 1. The van der Waals surface area contributed by atoms with Gasteiger partial charge in [-0.05, 0) is 43.5 Å². The van der Waals surface area contributed by atoms with E-state index in [0.29, 0.717) is 22.9 Å². The van der Waals surface area contributed by atoms with E-state index >= 15 is 0 Å². The van der Waals surface area contributed by atoms with E-state index in [0.717, 1.165) is 22.0 Å². The number of aromatic nitrogens is 1. The number of H-pyrrole nitrogens is 1. The molecule has 1 radical (unpaired) electrons. The van der Waals surface area contributed by atoms with Crippen LogP contribution in [0.25, 0.3) is 10.9 Å². The van der Waals surface area contributed by atoms with Gasteiger partial charge in [0.1, 0.15) is 0 Å². The van der Waals surface area contributed by atoms with Crippen LogP contribution in [0.1, 0.15) is 16.7 Å². The van der Waals surface area contributed by atoms with Crippen LogP contribution in [0.4, 0.5) is 0 Å². The van der Waals surface area contributed by atoms with E-state index in [-0.39, 0.29) is 5.56 Å². The number of halogens is 2. The number of benzene rings is 1. The first-order valence-corrected chi connectivity index (χ1v) is 6.18. The van der Waals surface area contributed by atoms with Crippen molar-refractivity contribution >= 4 is 34.1 Å². The van der Waals surface area contributed by atoms with Crippen molar-refractivity contribution in [3.05, 3.63) is 51.1 Å². The minimum Gasteiger partial charge on any atom is -0.322 e. The minimum absolute atomic E-state index is 0.136. The third-order valence-corrected chi connectivity index (χ3v) is 3.57. The van der Waals surface area contributed by atoms with E-state index in [9.17, 15) is 4.79 Å². The molecule has 0 atom stereocenters. The Labute approximate surface area is 110 Å². The highest BCUT2D eigenvalue weighted by atomic mass is 35.5. The van der Waals surface area contributed by atoms with Gasteiger partial charge >= 0.3 is 0 Å². The first-order chi connectivity index (χ1) is 8.08. The Morgan fingerprint density at radius 1 is 1.35 bits per heavy atom. The molecule has 2 rings (SSSR count). The second kappa shape index (κ2) is 4.71. The molecule has 1 N–H and O–H groups in total. The molecule has 4 heteroatoms. The fourth-order valence-electron chi connectivity index (χ4n) is 1.95. The lowest BCUT2D eigenvalue weighted by atomic mass is 10.0.